The Hall–Kier alpha value is -3.14. The first kappa shape index (κ1) is 14.8. The number of nitrogens with zero attached hydrogens (tertiary/aromatic N) is 3. The van der Waals surface area contributed by atoms with Crippen LogP contribution in [0.1, 0.15) is 29.7 Å². The van der Waals surface area contributed by atoms with Gasteiger partial charge in [-0.15, -0.1) is 0 Å². The van der Waals surface area contributed by atoms with Gasteiger partial charge in [0.15, 0.2) is 5.75 Å². The third kappa shape index (κ3) is 2.44. The van der Waals surface area contributed by atoms with Crippen molar-refractivity contribution in [3.63, 3.8) is 0 Å². The number of nitrogens with two attached hydrogens (primary N) is 1. The van der Waals surface area contributed by atoms with Crippen molar-refractivity contribution in [2.45, 2.75) is 25.7 Å². The van der Waals surface area contributed by atoms with Crippen LogP contribution < -0.4 is 5.73 Å². The molecule has 0 amide bonds. The Bertz CT molecular complexity index is 855. The number of anilines is 1. The molecule has 0 unspecified atom stereocenters. The van der Waals surface area contributed by atoms with E-state index in [4.69, 9.17) is 5.73 Å². The van der Waals surface area contributed by atoms with Crippen LogP contribution >= 0.6 is 0 Å². The van der Waals surface area contributed by atoms with Crippen molar-refractivity contribution in [3.05, 3.63) is 45.1 Å². The fourth-order valence-electron chi connectivity index (χ4n) is 3.02. The summed E-state index contributed by atoms with van der Waals surface area (Å²) < 4.78 is 0. The minimum absolute atomic E-state index is 0.138. The zero-order chi connectivity index (χ0) is 16.6. The average molecular weight is 310 g/mol. The minimum Gasteiger partial charge on any atom is -0.502 e. The van der Waals surface area contributed by atoms with Crippen molar-refractivity contribution < 1.29 is 10.0 Å². The number of aryl methyl sites for hydroxylation is 1. The van der Waals surface area contributed by atoms with Crippen molar-refractivity contribution >= 4 is 11.5 Å². The van der Waals surface area contributed by atoms with Crippen LogP contribution in [-0.2, 0) is 12.8 Å². The second-order valence-corrected chi connectivity index (χ2v) is 5.45. The van der Waals surface area contributed by atoms with Gasteiger partial charge in [0.2, 0.25) is 0 Å². The van der Waals surface area contributed by atoms with Gasteiger partial charge in [-0.2, -0.15) is 5.26 Å². The minimum atomic E-state index is -0.651. The lowest BCUT2D eigenvalue weighted by Crippen LogP contribution is -2.11. The molecule has 7 nitrogen and oxygen atoms in total. The topological polar surface area (TPSA) is 126 Å². The molecule has 1 aliphatic rings. The van der Waals surface area contributed by atoms with Crippen molar-refractivity contribution in [2.24, 2.45) is 0 Å². The molecular weight excluding hydrogens is 296 g/mol. The van der Waals surface area contributed by atoms with Crippen LogP contribution in [0, 0.1) is 21.4 Å². The van der Waals surface area contributed by atoms with Gasteiger partial charge in [-0.1, -0.05) is 6.07 Å². The van der Waals surface area contributed by atoms with E-state index in [0.29, 0.717) is 11.1 Å². The molecule has 1 aromatic heterocycles. The van der Waals surface area contributed by atoms with Gasteiger partial charge in [0.05, 0.1) is 4.92 Å². The van der Waals surface area contributed by atoms with Crippen molar-refractivity contribution in [3.8, 4) is 22.9 Å². The smallest absolute Gasteiger partial charge is 0.311 e. The normalized spacial score (nSPS) is 13.2. The van der Waals surface area contributed by atoms with E-state index in [0.717, 1.165) is 36.9 Å². The van der Waals surface area contributed by atoms with E-state index in [9.17, 15) is 20.5 Å². The third-order valence-corrected chi connectivity index (χ3v) is 4.07. The summed E-state index contributed by atoms with van der Waals surface area (Å²) >= 11 is 0. The summed E-state index contributed by atoms with van der Waals surface area (Å²) in [4.78, 5) is 14.7. The lowest BCUT2D eigenvalue weighted by molar-refractivity contribution is -0.385. The van der Waals surface area contributed by atoms with Crippen LogP contribution in [0.3, 0.4) is 0 Å². The number of phenols is 1. The Morgan fingerprint density at radius 3 is 2.78 bits per heavy atom. The molecule has 0 fully saturated rings. The predicted molar refractivity (Wildman–Crippen MR) is 83.8 cm³/mol. The summed E-state index contributed by atoms with van der Waals surface area (Å²) in [6.45, 7) is 0. The Kier molecular flexibility index (Phi) is 3.58. The molecule has 0 saturated carbocycles. The Morgan fingerprint density at radius 1 is 1.35 bits per heavy atom. The highest BCUT2D eigenvalue weighted by Gasteiger charge is 2.24. The highest BCUT2D eigenvalue weighted by molar-refractivity contribution is 5.81. The lowest BCUT2D eigenvalue weighted by atomic mass is 9.86. The number of fused-ring (bicyclic) bond motifs is 1. The van der Waals surface area contributed by atoms with Gasteiger partial charge in [-0.25, -0.2) is 4.98 Å². The van der Waals surface area contributed by atoms with Crippen LogP contribution in [-0.4, -0.2) is 15.0 Å². The summed E-state index contributed by atoms with van der Waals surface area (Å²) in [5.74, 6) is -0.271. The van der Waals surface area contributed by atoms with Crippen molar-refractivity contribution in [1.29, 1.82) is 5.26 Å². The molecule has 3 rings (SSSR count). The lowest BCUT2D eigenvalue weighted by Gasteiger charge is -2.21. The quantitative estimate of drug-likeness (QED) is 0.648. The van der Waals surface area contributed by atoms with Crippen LogP contribution in [0.25, 0.3) is 11.1 Å². The van der Waals surface area contributed by atoms with Crippen LogP contribution in [0.5, 0.6) is 5.75 Å². The Morgan fingerprint density at radius 2 is 2.09 bits per heavy atom. The molecule has 0 bridgehead atoms. The van der Waals surface area contributed by atoms with Gasteiger partial charge in [0.25, 0.3) is 0 Å². The molecule has 0 radical (unpaired) electrons. The number of phenolic OH excluding ortho intramolecular Hbond substituents is 1. The SMILES string of the molecule is N#Cc1c(N)nc2c(c1-c1ccc(O)c([N+](=O)[O-])c1)CCCC2. The van der Waals surface area contributed by atoms with Crippen LogP contribution in [0.4, 0.5) is 11.5 Å². The highest BCUT2D eigenvalue weighted by Crippen LogP contribution is 2.38. The summed E-state index contributed by atoms with van der Waals surface area (Å²) in [6, 6.07) is 6.16. The molecular formula is C16H14N4O3. The van der Waals surface area contributed by atoms with E-state index in [-0.39, 0.29) is 11.4 Å². The third-order valence-electron chi connectivity index (χ3n) is 4.07. The summed E-state index contributed by atoms with van der Waals surface area (Å²) in [7, 11) is 0. The van der Waals surface area contributed by atoms with Crippen LogP contribution in [0.2, 0.25) is 0 Å². The zero-order valence-corrected chi connectivity index (χ0v) is 12.2. The fraction of sp³-hybridized carbons (Fsp3) is 0.250. The number of rotatable bonds is 2. The number of aromatic hydroxyl groups is 1. The Balaban J connectivity index is 2.31. The standard InChI is InChI=1S/C16H14N4O3/c17-8-11-15(9-5-6-14(21)13(7-9)20(22)23)10-3-1-2-4-12(10)19-16(11)18/h5-7,21H,1-4H2,(H2,18,19). The maximum Gasteiger partial charge on any atom is 0.311 e. The molecule has 7 heteroatoms. The van der Waals surface area contributed by atoms with Crippen LogP contribution in [0.15, 0.2) is 18.2 Å². The average Bonchev–Trinajstić information content (AvgIpc) is 2.54. The molecule has 23 heavy (non-hydrogen) atoms. The second-order valence-electron chi connectivity index (χ2n) is 5.45. The number of nitrogen functional groups attached to an aromatic ring is 1. The zero-order valence-electron chi connectivity index (χ0n) is 12.2. The van der Waals surface area contributed by atoms with Gasteiger partial charge in [-0.3, -0.25) is 10.1 Å². The van der Waals surface area contributed by atoms with E-state index in [1.165, 1.54) is 12.1 Å². The summed E-state index contributed by atoms with van der Waals surface area (Å²) in [5, 5.41) is 30.1. The van der Waals surface area contributed by atoms with Gasteiger partial charge >= 0.3 is 5.69 Å². The van der Waals surface area contributed by atoms with Gasteiger partial charge in [0.1, 0.15) is 17.5 Å². The molecule has 1 heterocycles. The number of nitro benzene ring substituents is 1. The van der Waals surface area contributed by atoms with Crippen molar-refractivity contribution in [2.75, 3.05) is 5.73 Å². The molecule has 1 aromatic carbocycles. The number of nitriles is 1. The maximum atomic E-state index is 11.1. The first-order valence-electron chi connectivity index (χ1n) is 7.22. The summed E-state index contributed by atoms with van der Waals surface area (Å²) in [5.41, 5.74) is 8.59. The number of hydrogen-bond donors (Lipinski definition) is 2. The van der Waals surface area contributed by atoms with E-state index in [1.807, 2.05) is 0 Å². The monoisotopic (exact) mass is 310 g/mol. The molecule has 1 aliphatic carbocycles. The summed E-state index contributed by atoms with van der Waals surface area (Å²) in [6.07, 6.45) is 3.50. The van der Waals surface area contributed by atoms with E-state index >= 15 is 0 Å². The number of nitro groups is 1. The number of hydrogen-bond acceptors (Lipinski definition) is 6. The Labute approximate surface area is 132 Å². The van der Waals surface area contributed by atoms with E-state index < -0.39 is 16.4 Å². The van der Waals surface area contributed by atoms with Gasteiger partial charge < -0.3 is 10.8 Å². The van der Waals surface area contributed by atoms with Gasteiger partial charge in [-0.05, 0) is 42.9 Å². The number of pyridine rings is 1. The highest BCUT2D eigenvalue weighted by atomic mass is 16.6. The first-order chi connectivity index (χ1) is 11.0. The maximum absolute atomic E-state index is 11.1. The first-order valence-corrected chi connectivity index (χ1v) is 7.22. The second kappa shape index (κ2) is 5.57. The number of aromatic nitrogens is 1. The molecule has 3 N–H and O–H groups in total. The molecule has 116 valence electrons. The van der Waals surface area contributed by atoms with E-state index in [1.54, 1.807) is 6.07 Å². The molecule has 2 aromatic rings. The molecule has 0 aliphatic heterocycles. The fourth-order valence-corrected chi connectivity index (χ4v) is 3.02. The molecule has 0 saturated heterocycles. The largest absolute Gasteiger partial charge is 0.502 e. The van der Waals surface area contributed by atoms with Gasteiger partial charge in [0, 0.05) is 17.3 Å². The number of benzene rings is 1. The predicted octanol–water partition coefficient (Wildman–Crippen LogP) is 2.70. The van der Waals surface area contributed by atoms with Crippen molar-refractivity contribution in [1.82, 2.24) is 4.98 Å². The van der Waals surface area contributed by atoms with E-state index in [2.05, 4.69) is 11.1 Å². The molecule has 0 spiro atoms. The molecule has 0 atom stereocenters.